The van der Waals surface area contributed by atoms with Crippen molar-refractivity contribution in [2.45, 2.75) is 19.4 Å². The van der Waals surface area contributed by atoms with Crippen molar-refractivity contribution in [3.05, 3.63) is 18.2 Å². The molecule has 2 unspecified atom stereocenters. The highest BCUT2D eigenvalue weighted by Crippen LogP contribution is 2.30. The second-order valence-corrected chi connectivity index (χ2v) is 5.55. The van der Waals surface area contributed by atoms with Crippen LogP contribution in [0.4, 0.5) is 5.69 Å². The summed E-state index contributed by atoms with van der Waals surface area (Å²) in [5.74, 6) is 0.565. The fourth-order valence-electron chi connectivity index (χ4n) is 2.44. The average molecular weight is 321 g/mol. The molecule has 1 heterocycles. The third kappa shape index (κ3) is 3.73. The molecular formula is C16H23N3O4. The number of nitrogens with zero attached hydrogens (tertiary/aromatic N) is 1. The zero-order chi connectivity index (χ0) is 17.0. The Hall–Kier alpha value is -2.28. The number of amides is 2. The van der Waals surface area contributed by atoms with E-state index < -0.39 is 6.04 Å². The van der Waals surface area contributed by atoms with E-state index in [0.29, 0.717) is 30.2 Å². The number of rotatable bonds is 6. The van der Waals surface area contributed by atoms with Crippen molar-refractivity contribution in [3.63, 3.8) is 0 Å². The van der Waals surface area contributed by atoms with E-state index in [2.05, 4.69) is 5.32 Å². The Morgan fingerprint density at radius 3 is 2.48 bits per heavy atom. The first kappa shape index (κ1) is 17.1. The summed E-state index contributed by atoms with van der Waals surface area (Å²) in [6.45, 7) is 2.51. The van der Waals surface area contributed by atoms with E-state index in [1.807, 2.05) is 0 Å². The van der Waals surface area contributed by atoms with Gasteiger partial charge in [0.1, 0.15) is 17.5 Å². The number of carbonyl (C=O) groups is 2. The van der Waals surface area contributed by atoms with Crippen molar-refractivity contribution in [1.82, 2.24) is 5.32 Å². The Morgan fingerprint density at radius 1 is 1.35 bits per heavy atom. The number of hydrogen-bond acceptors (Lipinski definition) is 5. The van der Waals surface area contributed by atoms with Crippen LogP contribution in [-0.4, -0.2) is 45.2 Å². The maximum Gasteiger partial charge on any atom is 0.249 e. The normalized spacial score (nSPS) is 18.7. The van der Waals surface area contributed by atoms with Gasteiger partial charge in [0.25, 0.3) is 0 Å². The first-order valence-electron chi connectivity index (χ1n) is 7.55. The van der Waals surface area contributed by atoms with Gasteiger partial charge in [0.15, 0.2) is 0 Å². The summed E-state index contributed by atoms with van der Waals surface area (Å²) in [5.41, 5.74) is 6.17. The third-order valence-corrected chi connectivity index (χ3v) is 3.97. The van der Waals surface area contributed by atoms with Crippen LogP contribution in [0.1, 0.15) is 13.3 Å². The molecule has 1 aromatic rings. The van der Waals surface area contributed by atoms with Crippen molar-refractivity contribution in [3.8, 4) is 11.5 Å². The monoisotopic (exact) mass is 321 g/mol. The highest BCUT2D eigenvalue weighted by atomic mass is 16.5. The first-order chi connectivity index (χ1) is 11.0. The van der Waals surface area contributed by atoms with Gasteiger partial charge in [0, 0.05) is 37.2 Å². The fraction of sp³-hybridized carbons (Fsp3) is 0.500. The lowest BCUT2D eigenvalue weighted by Crippen LogP contribution is -2.44. The molecule has 7 heteroatoms. The van der Waals surface area contributed by atoms with Gasteiger partial charge in [-0.15, -0.1) is 0 Å². The summed E-state index contributed by atoms with van der Waals surface area (Å²) < 4.78 is 10.5. The van der Waals surface area contributed by atoms with E-state index in [1.54, 1.807) is 44.2 Å². The number of nitrogens with two attached hydrogens (primary N) is 1. The van der Waals surface area contributed by atoms with Crippen LogP contribution in [0.25, 0.3) is 0 Å². The number of ether oxygens (including phenoxy) is 2. The van der Waals surface area contributed by atoms with E-state index in [1.165, 1.54) is 0 Å². The quantitative estimate of drug-likeness (QED) is 0.797. The van der Waals surface area contributed by atoms with Crippen molar-refractivity contribution in [1.29, 1.82) is 0 Å². The molecule has 0 aromatic heterocycles. The fourth-order valence-corrected chi connectivity index (χ4v) is 2.44. The van der Waals surface area contributed by atoms with Crippen molar-refractivity contribution in [2.75, 3.05) is 32.2 Å². The number of nitrogens with one attached hydrogen (secondary N) is 1. The van der Waals surface area contributed by atoms with Crippen LogP contribution < -0.4 is 25.4 Å². The molecule has 1 saturated heterocycles. The van der Waals surface area contributed by atoms with Crippen LogP contribution in [0, 0.1) is 5.92 Å². The zero-order valence-corrected chi connectivity index (χ0v) is 13.7. The molecule has 1 aliphatic heterocycles. The van der Waals surface area contributed by atoms with Crippen molar-refractivity contribution in [2.24, 2.45) is 11.7 Å². The molecule has 1 fully saturated rings. The number of carbonyl (C=O) groups excluding carboxylic acids is 2. The molecule has 2 rings (SSSR count). The molecule has 0 aliphatic carbocycles. The van der Waals surface area contributed by atoms with Gasteiger partial charge in [0.2, 0.25) is 11.8 Å². The van der Waals surface area contributed by atoms with Crippen molar-refractivity contribution >= 4 is 17.5 Å². The minimum atomic E-state index is -0.520. The van der Waals surface area contributed by atoms with Crippen LogP contribution >= 0.6 is 0 Å². The predicted octanol–water partition coefficient (Wildman–Crippen LogP) is 0.520. The lowest BCUT2D eigenvalue weighted by Gasteiger charge is -2.19. The second kappa shape index (κ2) is 7.32. The molecule has 0 bridgehead atoms. The van der Waals surface area contributed by atoms with E-state index in [-0.39, 0.29) is 24.3 Å². The van der Waals surface area contributed by atoms with E-state index in [4.69, 9.17) is 15.2 Å². The molecule has 0 saturated carbocycles. The number of anilines is 1. The first-order valence-corrected chi connectivity index (χ1v) is 7.55. The largest absolute Gasteiger partial charge is 0.497 e. The van der Waals surface area contributed by atoms with Gasteiger partial charge in [-0.25, -0.2) is 0 Å². The highest BCUT2D eigenvalue weighted by Gasteiger charge is 2.34. The maximum absolute atomic E-state index is 12.5. The SMILES string of the molecule is COc1cc(OC)cc(N2CCC(NC(=O)C(C)CN)C2=O)c1. The summed E-state index contributed by atoms with van der Waals surface area (Å²) >= 11 is 0. The Morgan fingerprint density at radius 2 is 1.96 bits per heavy atom. The zero-order valence-electron chi connectivity index (χ0n) is 13.7. The van der Waals surface area contributed by atoms with Gasteiger partial charge < -0.3 is 25.4 Å². The third-order valence-electron chi connectivity index (χ3n) is 3.97. The van der Waals surface area contributed by atoms with Crippen molar-refractivity contribution < 1.29 is 19.1 Å². The molecule has 0 spiro atoms. The van der Waals surface area contributed by atoms with E-state index in [9.17, 15) is 9.59 Å². The average Bonchev–Trinajstić information content (AvgIpc) is 2.94. The van der Waals surface area contributed by atoms with Crippen LogP contribution in [-0.2, 0) is 9.59 Å². The van der Waals surface area contributed by atoms with Gasteiger partial charge in [-0.3, -0.25) is 9.59 Å². The molecule has 0 radical (unpaired) electrons. The van der Waals surface area contributed by atoms with Gasteiger partial charge in [-0.05, 0) is 6.42 Å². The van der Waals surface area contributed by atoms with E-state index in [0.717, 1.165) is 0 Å². The summed E-state index contributed by atoms with van der Waals surface area (Å²) in [4.78, 5) is 26.1. The van der Waals surface area contributed by atoms with Crippen LogP contribution in [0.3, 0.4) is 0 Å². The Bertz CT molecular complexity index is 568. The smallest absolute Gasteiger partial charge is 0.249 e. The maximum atomic E-state index is 12.5. The molecule has 3 N–H and O–H groups in total. The Labute approximate surface area is 135 Å². The van der Waals surface area contributed by atoms with Gasteiger partial charge in [-0.1, -0.05) is 6.92 Å². The van der Waals surface area contributed by atoms with Gasteiger partial charge in [-0.2, -0.15) is 0 Å². The van der Waals surface area contributed by atoms with Crippen LogP contribution in [0.2, 0.25) is 0 Å². The van der Waals surface area contributed by atoms with Gasteiger partial charge in [0.05, 0.1) is 19.9 Å². The molecule has 126 valence electrons. The summed E-state index contributed by atoms with van der Waals surface area (Å²) in [6.07, 6.45) is 0.557. The molecule has 2 atom stereocenters. The number of methoxy groups -OCH3 is 2. The predicted molar refractivity (Wildman–Crippen MR) is 86.7 cm³/mol. The highest BCUT2D eigenvalue weighted by molar-refractivity contribution is 6.01. The molecule has 1 aromatic carbocycles. The van der Waals surface area contributed by atoms with Gasteiger partial charge >= 0.3 is 0 Å². The molecule has 2 amide bonds. The molecule has 23 heavy (non-hydrogen) atoms. The summed E-state index contributed by atoms with van der Waals surface area (Å²) in [6, 6.07) is 4.76. The molecule has 7 nitrogen and oxygen atoms in total. The number of benzene rings is 1. The topological polar surface area (TPSA) is 93.9 Å². The Balaban J connectivity index is 2.14. The molecular weight excluding hydrogens is 298 g/mol. The summed E-state index contributed by atoms with van der Waals surface area (Å²) in [7, 11) is 3.11. The lowest BCUT2D eigenvalue weighted by atomic mass is 10.1. The minimum Gasteiger partial charge on any atom is -0.497 e. The summed E-state index contributed by atoms with van der Waals surface area (Å²) in [5, 5.41) is 2.76. The van der Waals surface area contributed by atoms with E-state index >= 15 is 0 Å². The second-order valence-electron chi connectivity index (χ2n) is 5.55. The lowest BCUT2D eigenvalue weighted by molar-refractivity contribution is -0.128. The van der Waals surface area contributed by atoms with Crippen LogP contribution in [0.5, 0.6) is 11.5 Å². The van der Waals surface area contributed by atoms with Crippen LogP contribution in [0.15, 0.2) is 18.2 Å². The minimum absolute atomic E-state index is 0.141. The Kier molecular flexibility index (Phi) is 5.44. The standard InChI is InChI=1S/C16H23N3O4/c1-10(9-17)15(20)18-14-4-5-19(16(14)21)11-6-12(22-2)8-13(7-11)23-3/h6-8,10,14H,4-5,9,17H2,1-3H3,(H,18,20). The molecule has 1 aliphatic rings. The number of hydrogen-bond donors (Lipinski definition) is 2.